The summed E-state index contributed by atoms with van der Waals surface area (Å²) >= 11 is 0. The number of amides is 5. The quantitative estimate of drug-likeness (QED) is 0.0200. The number of nitrogens with one attached hydrogen (secondary N) is 4. The smallest absolute Gasteiger partial charge is 0.326 e. The molecule has 0 fully saturated rings. The number of carboxylic acid groups (broad SMARTS) is 1. The molecule has 0 radical (unpaired) electrons. The number of carbonyl (C=O) groups excluding carboxylic acids is 5. The molecule has 0 rings (SSSR count). The molecule has 54 heavy (non-hydrogen) atoms. The number of guanidine groups is 4. The van der Waals surface area contributed by atoms with E-state index in [9.17, 15) is 33.9 Å². The number of hydrogen-bond donors (Lipinski definition) is 15. The third-order valence-corrected chi connectivity index (χ3v) is 7.33. The molecule has 25 nitrogen and oxygen atoms in total. The molecule has 5 atom stereocenters. The van der Waals surface area contributed by atoms with Crippen LogP contribution in [0.5, 0.6) is 0 Å². The van der Waals surface area contributed by atoms with Gasteiger partial charge in [0.2, 0.25) is 29.5 Å². The molecule has 0 aliphatic heterocycles. The van der Waals surface area contributed by atoms with Gasteiger partial charge in [0.05, 0.1) is 6.04 Å². The second-order valence-electron chi connectivity index (χ2n) is 12.0. The van der Waals surface area contributed by atoms with Gasteiger partial charge in [0.15, 0.2) is 23.8 Å². The van der Waals surface area contributed by atoms with E-state index >= 15 is 0 Å². The minimum absolute atomic E-state index is 0.00514. The molecule has 306 valence electrons. The molecule has 0 aromatic heterocycles. The van der Waals surface area contributed by atoms with Crippen molar-refractivity contribution in [2.75, 3.05) is 26.2 Å². The van der Waals surface area contributed by atoms with Gasteiger partial charge in [-0.1, -0.05) is 0 Å². The van der Waals surface area contributed by atoms with Crippen LogP contribution in [0, 0.1) is 0 Å². The first-order chi connectivity index (χ1) is 25.3. The second kappa shape index (κ2) is 26.6. The molecule has 0 saturated carbocycles. The molecule has 25 heteroatoms. The van der Waals surface area contributed by atoms with Crippen molar-refractivity contribution in [3.63, 3.8) is 0 Å². The van der Waals surface area contributed by atoms with Crippen LogP contribution < -0.4 is 78.6 Å². The number of primary amides is 1. The predicted octanol–water partition coefficient (Wildman–Crippen LogP) is -7.18. The molecule has 0 spiro atoms. The van der Waals surface area contributed by atoms with Crippen molar-refractivity contribution in [3.8, 4) is 0 Å². The number of carbonyl (C=O) groups is 6. The second-order valence-corrected chi connectivity index (χ2v) is 12.0. The molecule has 0 bridgehead atoms. The molecule has 0 aliphatic rings. The van der Waals surface area contributed by atoms with E-state index in [1.54, 1.807) is 0 Å². The van der Waals surface area contributed by atoms with E-state index in [-0.39, 0.29) is 114 Å². The van der Waals surface area contributed by atoms with Crippen molar-refractivity contribution in [1.82, 2.24) is 21.3 Å². The molecule has 0 aromatic rings. The van der Waals surface area contributed by atoms with E-state index < -0.39 is 65.7 Å². The van der Waals surface area contributed by atoms with E-state index in [2.05, 4.69) is 41.2 Å². The Morgan fingerprint density at radius 1 is 0.444 bits per heavy atom. The van der Waals surface area contributed by atoms with Crippen molar-refractivity contribution >= 4 is 59.3 Å². The van der Waals surface area contributed by atoms with Gasteiger partial charge in [-0.2, -0.15) is 0 Å². The maximum Gasteiger partial charge on any atom is 0.326 e. The van der Waals surface area contributed by atoms with Crippen LogP contribution in [-0.2, 0) is 28.8 Å². The minimum Gasteiger partial charge on any atom is -0.480 e. The van der Waals surface area contributed by atoms with Crippen LogP contribution in [0.1, 0.15) is 64.2 Å². The van der Waals surface area contributed by atoms with Crippen molar-refractivity contribution in [1.29, 1.82) is 0 Å². The Hall–Kier alpha value is -6.14. The summed E-state index contributed by atoms with van der Waals surface area (Å²) in [6.45, 7) is 0.347. The van der Waals surface area contributed by atoms with Crippen LogP contribution in [0.15, 0.2) is 20.0 Å². The van der Waals surface area contributed by atoms with Gasteiger partial charge in [-0.05, 0) is 57.8 Å². The third-order valence-electron chi connectivity index (χ3n) is 7.33. The highest BCUT2D eigenvalue weighted by Gasteiger charge is 2.31. The van der Waals surface area contributed by atoms with Crippen molar-refractivity contribution in [2.24, 2.45) is 77.3 Å². The monoisotopic (exact) mass is 770 g/mol. The average molecular weight is 771 g/mol. The van der Waals surface area contributed by atoms with Crippen LogP contribution in [0.25, 0.3) is 0 Å². The number of nitrogens with zero attached hydrogens (tertiary/aromatic N) is 4. The largest absolute Gasteiger partial charge is 0.480 e. The fourth-order valence-corrected chi connectivity index (χ4v) is 4.60. The van der Waals surface area contributed by atoms with Crippen LogP contribution in [0.3, 0.4) is 0 Å². The lowest BCUT2D eigenvalue weighted by atomic mass is 10.0. The lowest BCUT2D eigenvalue weighted by Crippen LogP contribution is -2.58. The van der Waals surface area contributed by atoms with E-state index in [1.807, 2.05) is 0 Å². The Kier molecular flexibility index (Phi) is 23.6. The number of hydrogen-bond acceptors (Lipinski definition) is 11. The van der Waals surface area contributed by atoms with Crippen LogP contribution in [0.2, 0.25) is 0 Å². The summed E-state index contributed by atoms with van der Waals surface area (Å²) in [7, 11) is 0. The van der Waals surface area contributed by atoms with Gasteiger partial charge in [0.1, 0.15) is 24.2 Å². The van der Waals surface area contributed by atoms with Gasteiger partial charge in [-0.3, -0.25) is 43.9 Å². The topological polar surface area (TPSA) is 480 Å². The lowest BCUT2D eigenvalue weighted by Gasteiger charge is -2.26. The first-order valence-electron chi connectivity index (χ1n) is 17.0. The van der Waals surface area contributed by atoms with Gasteiger partial charge < -0.3 is 83.7 Å². The Morgan fingerprint density at radius 3 is 1.00 bits per heavy atom. The summed E-state index contributed by atoms with van der Waals surface area (Å²) < 4.78 is 0. The van der Waals surface area contributed by atoms with E-state index in [4.69, 9.17) is 57.3 Å². The molecular weight excluding hydrogens is 712 g/mol. The van der Waals surface area contributed by atoms with Gasteiger partial charge in [0.25, 0.3) is 0 Å². The van der Waals surface area contributed by atoms with Gasteiger partial charge in [-0.15, -0.1) is 0 Å². The fourth-order valence-electron chi connectivity index (χ4n) is 4.60. The molecule has 25 N–H and O–H groups in total. The standard InChI is InChI=1S/C29H58N18O7/c30-15(9-10-20(31)48)21(49)44-16(5-1-11-40-26(32)33)22(50)45-17(6-2-12-41-27(34)35)23(51)46-18(7-3-13-42-28(36)37)24(52)47-19(25(53)54)8-4-14-43-29(38)39/h15-19H,1-14,30H2,(H2,31,48)(H,44,49)(H,45,50)(H,46,51)(H,47,52)(H,53,54)(H4,32,33,40)(H4,34,35,41)(H4,36,37,42)(H4,38,39,43)/t15-,16-,17-,18-,19-/m0/s1. The number of aliphatic carboxylic acids is 1. The first-order valence-corrected chi connectivity index (χ1v) is 17.0. The number of carboxylic acids is 1. The average Bonchev–Trinajstić information content (AvgIpc) is 3.07. The van der Waals surface area contributed by atoms with Gasteiger partial charge in [0, 0.05) is 32.6 Å². The summed E-state index contributed by atoms with van der Waals surface area (Å²) in [6.07, 6.45) is 0.358. The van der Waals surface area contributed by atoms with Gasteiger partial charge >= 0.3 is 5.97 Å². The maximum atomic E-state index is 13.8. The summed E-state index contributed by atoms with van der Waals surface area (Å²) in [5.74, 6) is -6.06. The Balaban J connectivity index is 6.34. The third kappa shape index (κ3) is 23.4. The minimum atomic E-state index is -1.36. The summed E-state index contributed by atoms with van der Waals surface area (Å²) in [5.41, 5.74) is 54.0. The highest BCUT2D eigenvalue weighted by Crippen LogP contribution is 2.08. The predicted molar refractivity (Wildman–Crippen MR) is 201 cm³/mol. The number of aliphatic imine (C=N–C) groups is 4. The van der Waals surface area contributed by atoms with Crippen LogP contribution in [0.4, 0.5) is 0 Å². The molecule has 0 heterocycles. The Labute approximate surface area is 312 Å². The zero-order valence-corrected chi connectivity index (χ0v) is 30.2. The van der Waals surface area contributed by atoms with Crippen LogP contribution in [-0.4, -0.2) is 121 Å². The van der Waals surface area contributed by atoms with Crippen molar-refractivity contribution in [2.45, 2.75) is 94.4 Å². The van der Waals surface area contributed by atoms with Gasteiger partial charge in [-0.25, -0.2) is 4.79 Å². The fraction of sp³-hybridized carbons (Fsp3) is 0.655. The highest BCUT2D eigenvalue weighted by molar-refractivity contribution is 5.95. The normalized spacial score (nSPS) is 13.3. The highest BCUT2D eigenvalue weighted by atomic mass is 16.4. The maximum absolute atomic E-state index is 13.8. The Morgan fingerprint density at radius 2 is 0.722 bits per heavy atom. The molecule has 0 unspecified atom stereocenters. The van der Waals surface area contributed by atoms with Crippen LogP contribution >= 0.6 is 0 Å². The molecule has 0 aliphatic carbocycles. The summed E-state index contributed by atoms with van der Waals surface area (Å²) in [5, 5.41) is 19.8. The van der Waals surface area contributed by atoms with E-state index in [1.165, 1.54) is 0 Å². The molecule has 0 saturated heterocycles. The summed E-state index contributed by atoms with van der Waals surface area (Å²) in [4.78, 5) is 92.3. The molecular formula is C29H58N18O7. The number of rotatable bonds is 28. The molecule has 0 aromatic carbocycles. The lowest BCUT2D eigenvalue weighted by molar-refractivity contribution is -0.142. The van der Waals surface area contributed by atoms with E-state index in [0.717, 1.165) is 0 Å². The van der Waals surface area contributed by atoms with E-state index in [0.29, 0.717) is 0 Å². The van der Waals surface area contributed by atoms with Crippen molar-refractivity contribution in [3.05, 3.63) is 0 Å². The molecule has 5 amide bonds. The zero-order valence-electron chi connectivity index (χ0n) is 30.2. The SMILES string of the molecule is NC(=O)CC[C@H](N)C(=O)N[C@@H](CCCN=C(N)N)C(=O)N[C@@H](CCCN=C(N)N)C(=O)N[C@@H](CCCN=C(N)N)C(=O)N[C@@H](CCCN=C(N)N)C(=O)O. The first kappa shape index (κ1) is 47.9. The summed E-state index contributed by atoms with van der Waals surface area (Å²) in [6, 6.07) is -6.45. The number of nitrogens with two attached hydrogens (primary N) is 10. The Bertz CT molecular complexity index is 1360. The zero-order chi connectivity index (χ0) is 41.2. The van der Waals surface area contributed by atoms with Crippen molar-refractivity contribution < 1.29 is 33.9 Å².